The number of hydrogen-bond donors (Lipinski definition) is 1. The number of imidazole rings is 1. The second kappa shape index (κ2) is 8.90. The Hall–Kier alpha value is -3.32. The molecule has 172 valence electrons. The van der Waals surface area contributed by atoms with Crippen LogP contribution in [-0.4, -0.2) is 40.6 Å². The SMILES string of the molecule is COc1ccc(-c2nc(CN3CCCC[C@@H]3c3nc4ccccc4[nH]3)c(C)o2)c(OC)c1C. The van der Waals surface area contributed by atoms with E-state index in [1.165, 1.54) is 12.8 Å². The molecule has 0 radical (unpaired) electrons. The van der Waals surface area contributed by atoms with Crippen LogP contribution < -0.4 is 9.47 Å². The highest BCUT2D eigenvalue weighted by atomic mass is 16.5. The van der Waals surface area contributed by atoms with Crippen molar-refractivity contribution >= 4 is 11.0 Å². The van der Waals surface area contributed by atoms with Gasteiger partial charge in [0.05, 0.1) is 42.6 Å². The van der Waals surface area contributed by atoms with E-state index in [4.69, 9.17) is 23.9 Å². The van der Waals surface area contributed by atoms with E-state index in [9.17, 15) is 0 Å². The minimum Gasteiger partial charge on any atom is -0.496 e. The number of hydrogen-bond acceptors (Lipinski definition) is 6. The Morgan fingerprint density at radius 1 is 1.06 bits per heavy atom. The van der Waals surface area contributed by atoms with Crippen molar-refractivity contribution in [2.45, 2.75) is 45.7 Å². The number of para-hydroxylation sites is 2. The number of nitrogens with one attached hydrogen (secondary N) is 1. The predicted molar refractivity (Wildman–Crippen MR) is 128 cm³/mol. The number of ether oxygens (including phenoxy) is 2. The van der Waals surface area contributed by atoms with Crippen LogP contribution in [-0.2, 0) is 6.54 Å². The van der Waals surface area contributed by atoms with Crippen LogP contribution in [0.5, 0.6) is 11.5 Å². The molecule has 1 saturated heterocycles. The van der Waals surface area contributed by atoms with Gasteiger partial charge in [-0.3, -0.25) is 4.90 Å². The Kier molecular flexibility index (Phi) is 5.81. The standard InChI is InChI=1S/C26H30N4O3/c1-16-23(31-3)13-12-18(24(16)32-4)26-29-21(17(2)33-26)15-30-14-8-7-11-22(30)25-27-19-9-5-6-10-20(19)28-25/h5-6,9-10,12-13,22H,7-8,11,14-15H2,1-4H3,(H,27,28)/t22-/m1/s1. The third-order valence-electron chi connectivity index (χ3n) is 6.59. The average Bonchev–Trinajstić information content (AvgIpc) is 3.42. The zero-order valence-corrected chi connectivity index (χ0v) is 19.6. The first-order valence-corrected chi connectivity index (χ1v) is 11.5. The molecular formula is C26H30N4O3. The number of oxazole rings is 1. The van der Waals surface area contributed by atoms with Gasteiger partial charge in [0.1, 0.15) is 23.1 Å². The van der Waals surface area contributed by atoms with Crippen LogP contribution in [0.2, 0.25) is 0 Å². The molecule has 3 heterocycles. The Balaban J connectivity index is 1.44. The maximum absolute atomic E-state index is 6.12. The summed E-state index contributed by atoms with van der Waals surface area (Å²) in [5.74, 6) is 3.93. The smallest absolute Gasteiger partial charge is 0.230 e. The van der Waals surface area contributed by atoms with E-state index in [-0.39, 0.29) is 6.04 Å². The minimum absolute atomic E-state index is 0.239. The van der Waals surface area contributed by atoms with Gasteiger partial charge in [0, 0.05) is 12.1 Å². The number of nitrogens with zero attached hydrogens (tertiary/aromatic N) is 3. The van der Waals surface area contributed by atoms with Crippen LogP contribution in [0.1, 0.15) is 48.1 Å². The van der Waals surface area contributed by atoms with Gasteiger partial charge in [0.2, 0.25) is 5.89 Å². The first-order valence-electron chi connectivity index (χ1n) is 11.5. The van der Waals surface area contributed by atoms with Gasteiger partial charge in [0.25, 0.3) is 0 Å². The molecule has 0 aliphatic carbocycles. The molecule has 4 aromatic rings. The number of piperidine rings is 1. The van der Waals surface area contributed by atoms with Gasteiger partial charge in [0.15, 0.2) is 0 Å². The van der Waals surface area contributed by atoms with Gasteiger partial charge in [-0.15, -0.1) is 0 Å². The molecule has 2 aromatic heterocycles. The first-order chi connectivity index (χ1) is 16.1. The van der Waals surface area contributed by atoms with Crippen LogP contribution in [0.4, 0.5) is 0 Å². The van der Waals surface area contributed by atoms with Crippen molar-refractivity contribution in [1.29, 1.82) is 0 Å². The molecule has 0 saturated carbocycles. The second-order valence-corrected chi connectivity index (χ2v) is 8.62. The van der Waals surface area contributed by atoms with Gasteiger partial charge >= 0.3 is 0 Å². The van der Waals surface area contributed by atoms with Gasteiger partial charge < -0.3 is 18.9 Å². The molecule has 0 spiro atoms. The van der Waals surface area contributed by atoms with Crippen LogP contribution in [0.25, 0.3) is 22.5 Å². The largest absolute Gasteiger partial charge is 0.496 e. The molecule has 1 aliphatic rings. The maximum atomic E-state index is 6.12. The fraction of sp³-hybridized carbons (Fsp3) is 0.385. The summed E-state index contributed by atoms with van der Waals surface area (Å²) in [5.41, 5.74) is 4.80. The third-order valence-corrected chi connectivity index (χ3v) is 6.59. The highest BCUT2D eigenvalue weighted by Crippen LogP contribution is 2.38. The van der Waals surface area contributed by atoms with Crippen molar-refractivity contribution in [3.63, 3.8) is 0 Å². The van der Waals surface area contributed by atoms with Crippen molar-refractivity contribution in [2.24, 2.45) is 0 Å². The highest BCUT2D eigenvalue weighted by molar-refractivity contribution is 5.74. The van der Waals surface area contributed by atoms with E-state index in [0.29, 0.717) is 12.4 Å². The Bertz CT molecular complexity index is 1240. The zero-order chi connectivity index (χ0) is 22.9. The Morgan fingerprint density at radius 2 is 1.91 bits per heavy atom. The third kappa shape index (κ3) is 3.97. The highest BCUT2D eigenvalue weighted by Gasteiger charge is 2.28. The normalized spacial score (nSPS) is 16.9. The van der Waals surface area contributed by atoms with E-state index in [2.05, 4.69) is 22.0 Å². The number of aryl methyl sites for hydroxylation is 1. The van der Waals surface area contributed by atoms with E-state index in [0.717, 1.165) is 63.9 Å². The van der Waals surface area contributed by atoms with Gasteiger partial charge in [-0.1, -0.05) is 18.6 Å². The van der Waals surface area contributed by atoms with Crippen molar-refractivity contribution < 1.29 is 13.9 Å². The minimum atomic E-state index is 0.239. The van der Waals surface area contributed by atoms with E-state index in [1.54, 1.807) is 14.2 Å². The van der Waals surface area contributed by atoms with Crippen molar-refractivity contribution in [3.8, 4) is 23.0 Å². The summed E-state index contributed by atoms with van der Waals surface area (Å²) in [6, 6.07) is 12.3. The summed E-state index contributed by atoms with van der Waals surface area (Å²) in [6.45, 7) is 5.68. The maximum Gasteiger partial charge on any atom is 0.230 e. The van der Waals surface area contributed by atoms with E-state index < -0.39 is 0 Å². The number of H-pyrrole nitrogens is 1. The summed E-state index contributed by atoms with van der Waals surface area (Å²) in [4.78, 5) is 15.8. The Morgan fingerprint density at radius 3 is 2.70 bits per heavy atom. The van der Waals surface area contributed by atoms with Crippen LogP contribution in [0.3, 0.4) is 0 Å². The molecule has 1 aliphatic heterocycles. The molecule has 0 amide bonds. The monoisotopic (exact) mass is 446 g/mol. The van der Waals surface area contributed by atoms with Crippen LogP contribution in [0, 0.1) is 13.8 Å². The lowest BCUT2D eigenvalue weighted by Crippen LogP contribution is -2.33. The molecule has 7 heteroatoms. The molecule has 2 aromatic carbocycles. The first kappa shape index (κ1) is 21.5. The molecular weight excluding hydrogens is 416 g/mol. The molecule has 1 atom stereocenters. The zero-order valence-electron chi connectivity index (χ0n) is 19.6. The number of rotatable bonds is 6. The van der Waals surface area contributed by atoms with E-state index in [1.807, 2.05) is 38.1 Å². The number of aromatic nitrogens is 3. The van der Waals surface area contributed by atoms with Crippen molar-refractivity contribution in [3.05, 3.63) is 59.2 Å². The summed E-state index contributed by atoms with van der Waals surface area (Å²) >= 11 is 0. The van der Waals surface area contributed by atoms with Crippen molar-refractivity contribution in [2.75, 3.05) is 20.8 Å². The molecule has 0 unspecified atom stereocenters. The van der Waals surface area contributed by atoms with E-state index >= 15 is 0 Å². The van der Waals surface area contributed by atoms with Gasteiger partial charge in [-0.2, -0.15) is 0 Å². The number of fused-ring (bicyclic) bond motifs is 1. The number of methoxy groups -OCH3 is 2. The average molecular weight is 447 g/mol. The fourth-order valence-electron chi connectivity index (χ4n) is 4.83. The summed E-state index contributed by atoms with van der Waals surface area (Å²) in [6.07, 6.45) is 3.45. The molecule has 0 bridgehead atoms. The number of likely N-dealkylation sites (tertiary alicyclic amines) is 1. The number of benzene rings is 2. The molecule has 1 fully saturated rings. The van der Waals surface area contributed by atoms with Crippen molar-refractivity contribution in [1.82, 2.24) is 19.9 Å². The van der Waals surface area contributed by atoms with Gasteiger partial charge in [-0.05, 0) is 57.5 Å². The topological polar surface area (TPSA) is 76.4 Å². The lowest BCUT2D eigenvalue weighted by Gasteiger charge is -2.34. The molecule has 5 rings (SSSR count). The summed E-state index contributed by atoms with van der Waals surface area (Å²) in [7, 11) is 3.32. The second-order valence-electron chi connectivity index (χ2n) is 8.62. The predicted octanol–water partition coefficient (Wildman–Crippen LogP) is 5.58. The molecule has 7 nitrogen and oxygen atoms in total. The quantitative estimate of drug-likeness (QED) is 0.417. The Labute approximate surface area is 193 Å². The van der Waals surface area contributed by atoms with Crippen LogP contribution >= 0.6 is 0 Å². The lowest BCUT2D eigenvalue weighted by atomic mass is 10.0. The molecule has 33 heavy (non-hydrogen) atoms. The lowest BCUT2D eigenvalue weighted by molar-refractivity contribution is 0.132. The summed E-state index contributed by atoms with van der Waals surface area (Å²) < 4.78 is 17.2. The summed E-state index contributed by atoms with van der Waals surface area (Å²) in [5, 5.41) is 0. The van der Waals surface area contributed by atoms with Crippen LogP contribution in [0.15, 0.2) is 40.8 Å². The molecule has 1 N–H and O–H groups in total. The van der Waals surface area contributed by atoms with Gasteiger partial charge in [-0.25, -0.2) is 9.97 Å². The fourth-order valence-corrected chi connectivity index (χ4v) is 4.83. The number of aromatic amines is 1.